The Hall–Kier alpha value is -3.15. The van der Waals surface area contributed by atoms with Crippen LogP contribution < -0.4 is 0 Å². The Bertz CT molecular complexity index is 830. The van der Waals surface area contributed by atoms with Gasteiger partial charge in [0.25, 0.3) is 5.69 Å². The van der Waals surface area contributed by atoms with Gasteiger partial charge in [-0.3, -0.25) is 20.1 Å². The van der Waals surface area contributed by atoms with Crippen molar-refractivity contribution in [3.63, 3.8) is 0 Å². The molecule has 0 spiro atoms. The molecule has 3 aromatic heterocycles. The Morgan fingerprint density at radius 3 is 1.65 bits per heavy atom. The maximum Gasteiger partial charge on any atom is 0.273 e. The van der Waals surface area contributed by atoms with Crippen molar-refractivity contribution in [2.45, 2.75) is 13.8 Å². The highest BCUT2D eigenvalue weighted by atomic mass is 16.6. The van der Waals surface area contributed by atoms with Gasteiger partial charge in [0.05, 0.1) is 27.7 Å². The van der Waals surface area contributed by atoms with Crippen molar-refractivity contribution in [3.05, 3.63) is 70.0 Å². The molecule has 114 valence electrons. The molecule has 6 heteroatoms. The van der Waals surface area contributed by atoms with E-state index in [1.165, 1.54) is 12.1 Å². The highest BCUT2D eigenvalue weighted by molar-refractivity contribution is 5.66. The molecule has 0 fully saturated rings. The van der Waals surface area contributed by atoms with Gasteiger partial charge in [0.15, 0.2) is 0 Å². The Morgan fingerprint density at radius 2 is 1.26 bits per heavy atom. The predicted molar refractivity (Wildman–Crippen MR) is 86.8 cm³/mol. The van der Waals surface area contributed by atoms with E-state index in [1.54, 1.807) is 12.1 Å². The summed E-state index contributed by atoms with van der Waals surface area (Å²) in [5.41, 5.74) is 3.74. The molecule has 3 aromatic rings. The zero-order valence-corrected chi connectivity index (χ0v) is 12.7. The smallest absolute Gasteiger partial charge is 0.258 e. The quantitative estimate of drug-likeness (QED) is 0.544. The topological polar surface area (TPSA) is 81.8 Å². The second kappa shape index (κ2) is 5.92. The molecule has 0 amide bonds. The maximum absolute atomic E-state index is 11.2. The normalized spacial score (nSPS) is 10.5. The molecule has 23 heavy (non-hydrogen) atoms. The first kappa shape index (κ1) is 14.8. The molecule has 0 aliphatic carbocycles. The van der Waals surface area contributed by atoms with Gasteiger partial charge in [-0.25, -0.2) is 4.98 Å². The number of rotatable bonds is 3. The first-order chi connectivity index (χ1) is 11.0. The van der Waals surface area contributed by atoms with Crippen LogP contribution in [0.25, 0.3) is 22.8 Å². The van der Waals surface area contributed by atoms with Crippen LogP contribution in [0, 0.1) is 24.0 Å². The zero-order chi connectivity index (χ0) is 16.4. The van der Waals surface area contributed by atoms with Crippen LogP contribution in [-0.4, -0.2) is 19.9 Å². The fourth-order valence-electron chi connectivity index (χ4n) is 2.26. The summed E-state index contributed by atoms with van der Waals surface area (Å²) < 4.78 is 0. The van der Waals surface area contributed by atoms with E-state index < -0.39 is 4.92 Å². The van der Waals surface area contributed by atoms with E-state index in [4.69, 9.17) is 0 Å². The van der Waals surface area contributed by atoms with Gasteiger partial charge in [-0.1, -0.05) is 12.1 Å². The van der Waals surface area contributed by atoms with Gasteiger partial charge >= 0.3 is 0 Å². The lowest BCUT2D eigenvalue weighted by Crippen LogP contribution is -1.97. The monoisotopic (exact) mass is 306 g/mol. The second-order valence-electron chi connectivity index (χ2n) is 5.18. The first-order valence-electron chi connectivity index (χ1n) is 7.07. The molecular formula is C17H14N4O2. The lowest BCUT2D eigenvalue weighted by Gasteiger charge is -2.06. The Kier molecular flexibility index (Phi) is 3.80. The van der Waals surface area contributed by atoms with E-state index in [-0.39, 0.29) is 5.69 Å². The molecule has 0 bridgehead atoms. The third-order valence-electron chi connectivity index (χ3n) is 3.32. The summed E-state index contributed by atoms with van der Waals surface area (Å²) in [5.74, 6) is 0. The minimum absolute atomic E-state index is 0.0309. The van der Waals surface area contributed by atoms with Crippen molar-refractivity contribution in [2.75, 3.05) is 0 Å². The molecule has 6 nitrogen and oxygen atoms in total. The van der Waals surface area contributed by atoms with Crippen LogP contribution >= 0.6 is 0 Å². The van der Waals surface area contributed by atoms with Crippen LogP contribution in [0.1, 0.15) is 11.4 Å². The van der Waals surface area contributed by atoms with Crippen molar-refractivity contribution >= 4 is 5.69 Å². The zero-order valence-electron chi connectivity index (χ0n) is 12.7. The Labute approximate surface area is 133 Å². The van der Waals surface area contributed by atoms with Gasteiger partial charge in [0, 0.05) is 23.5 Å². The Balaban J connectivity index is 2.19. The van der Waals surface area contributed by atoms with Crippen LogP contribution in [0.5, 0.6) is 0 Å². The van der Waals surface area contributed by atoms with E-state index in [2.05, 4.69) is 15.0 Å². The van der Waals surface area contributed by atoms with Crippen LogP contribution in [0.3, 0.4) is 0 Å². The van der Waals surface area contributed by atoms with Gasteiger partial charge in [0.1, 0.15) is 0 Å². The van der Waals surface area contributed by atoms with E-state index in [1.807, 2.05) is 38.1 Å². The summed E-state index contributed by atoms with van der Waals surface area (Å²) in [4.78, 5) is 24.1. The van der Waals surface area contributed by atoms with Crippen molar-refractivity contribution in [1.82, 2.24) is 15.0 Å². The molecule has 0 N–H and O–H groups in total. The molecule has 0 saturated carbocycles. The number of nitro groups is 1. The fourth-order valence-corrected chi connectivity index (χ4v) is 2.26. The van der Waals surface area contributed by atoms with E-state index in [0.717, 1.165) is 11.4 Å². The lowest BCUT2D eigenvalue weighted by atomic mass is 10.1. The standard InChI is InChI=1S/C17H14N4O2/c1-11-5-3-7-14(18-11)16-9-13(21(22)23)10-17(20-16)15-8-4-6-12(2)19-15/h3-10H,1-2H3. The van der Waals surface area contributed by atoms with E-state index in [0.29, 0.717) is 22.8 Å². The maximum atomic E-state index is 11.2. The minimum Gasteiger partial charge on any atom is -0.258 e. The number of hydrogen-bond acceptors (Lipinski definition) is 5. The third kappa shape index (κ3) is 3.21. The summed E-state index contributed by atoms with van der Waals surface area (Å²) in [6.07, 6.45) is 0. The van der Waals surface area contributed by atoms with Crippen molar-refractivity contribution < 1.29 is 4.92 Å². The van der Waals surface area contributed by atoms with Crippen LogP contribution in [0.15, 0.2) is 48.5 Å². The lowest BCUT2D eigenvalue weighted by molar-refractivity contribution is -0.384. The summed E-state index contributed by atoms with van der Waals surface area (Å²) in [7, 11) is 0. The third-order valence-corrected chi connectivity index (χ3v) is 3.32. The summed E-state index contributed by atoms with van der Waals surface area (Å²) >= 11 is 0. The summed E-state index contributed by atoms with van der Waals surface area (Å²) in [6.45, 7) is 3.73. The molecule has 0 saturated heterocycles. The van der Waals surface area contributed by atoms with Gasteiger partial charge in [-0.2, -0.15) is 0 Å². The van der Waals surface area contributed by atoms with Crippen molar-refractivity contribution in [2.24, 2.45) is 0 Å². The number of aryl methyl sites for hydroxylation is 2. The summed E-state index contributed by atoms with van der Waals surface area (Å²) in [6, 6.07) is 13.9. The Morgan fingerprint density at radius 1 is 0.783 bits per heavy atom. The molecule has 0 aromatic carbocycles. The fraction of sp³-hybridized carbons (Fsp3) is 0.118. The van der Waals surface area contributed by atoms with Gasteiger partial charge < -0.3 is 0 Å². The van der Waals surface area contributed by atoms with Gasteiger partial charge in [-0.15, -0.1) is 0 Å². The molecule has 0 aliphatic rings. The molecule has 0 aliphatic heterocycles. The second-order valence-corrected chi connectivity index (χ2v) is 5.18. The number of aromatic nitrogens is 3. The number of hydrogen-bond donors (Lipinski definition) is 0. The number of nitrogens with zero attached hydrogens (tertiary/aromatic N) is 4. The molecule has 0 radical (unpaired) electrons. The highest BCUT2D eigenvalue weighted by Crippen LogP contribution is 2.26. The van der Waals surface area contributed by atoms with E-state index >= 15 is 0 Å². The van der Waals surface area contributed by atoms with Crippen LogP contribution in [0.4, 0.5) is 5.69 Å². The molecule has 0 unspecified atom stereocenters. The van der Waals surface area contributed by atoms with Crippen LogP contribution in [0.2, 0.25) is 0 Å². The minimum atomic E-state index is -0.430. The van der Waals surface area contributed by atoms with E-state index in [9.17, 15) is 10.1 Å². The number of pyridine rings is 3. The molecule has 3 heterocycles. The predicted octanol–water partition coefficient (Wildman–Crippen LogP) is 3.73. The average molecular weight is 306 g/mol. The molecule has 3 rings (SSSR count). The first-order valence-corrected chi connectivity index (χ1v) is 7.07. The van der Waals surface area contributed by atoms with Crippen molar-refractivity contribution in [1.29, 1.82) is 0 Å². The van der Waals surface area contributed by atoms with Crippen molar-refractivity contribution in [3.8, 4) is 22.8 Å². The van der Waals surface area contributed by atoms with Gasteiger partial charge in [0.2, 0.25) is 0 Å². The molecular weight excluding hydrogens is 292 g/mol. The largest absolute Gasteiger partial charge is 0.273 e. The van der Waals surface area contributed by atoms with Crippen LogP contribution in [-0.2, 0) is 0 Å². The van der Waals surface area contributed by atoms with Gasteiger partial charge in [-0.05, 0) is 38.1 Å². The molecule has 0 atom stereocenters. The summed E-state index contributed by atoms with van der Waals surface area (Å²) in [5, 5.41) is 11.2. The average Bonchev–Trinajstić information content (AvgIpc) is 2.54. The highest BCUT2D eigenvalue weighted by Gasteiger charge is 2.15. The SMILES string of the molecule is Cc1cccc(-c2cc([N+](=O)[O-])cc(-c3cccc(C)n3)n2)n1.